The fourth-order valence-corrected chi connectivity index (χ4v) is 3.72. The van der Waals surface area contributed by atoms with E-state index in [9.17, 15) is 23.2 Å². The van der Waals surface area contributed by atoms with Crippen LogP contribution in [0.1, 0.15) is 32.1 Å². The maximum atomic E-state index is 13.5. The lowest BCUT2D eigenvalue weighted by molar-refractivity contribution is -0.155. The van der Waals surface area contributed by atoms with E-state index >= 15 is 0 Å². The molecule has 3 rings (SSSR count). The predicted molar refractivity (Wildman–Crippen MR) is 84.5 cm³/mol. The Kier molecular flexibility index (Phi) is 5.11. The molecule has 0 spiro atoms. The molecule has 0 radical (unpaired) electrons. The standard InChI is InChI=1S/C18H19F2NO4/c19-13-5-2-6-14(20)16(13)21-15(22)9-25-18(24)12-7-10-3-1-4-11(8-12)17(10)23/h2,5-6,10-12H,1,3-4,7-9H2,(H,21,22)/t10-,11+,12?. The first kappa shape index (κ1) is 17.5. The number of Topliss-reactive ketones (excluding diaryl/α,β-unsaturated/α-hetero) is 1. The molecule has 2 fully saturated rings. The molecule has 1 unspecified atom stereocenters. The van der Waals surface area contributed by atoms with Gasteiger partial charge in [0, 0.05) is 11.8 Å². The fourth-order valence-electron chi connectivity index (χ4n) is 3.72. The van der Waals surface area contributed by atoms with Crippen LogP contribution >= 0.6 is 0 Å². The maximum Gasteiger partial charge on any atom is 0.309 e. The normalized spacial score (nSPS) is 25.4. The second kappa shape index (κ2) is 7.29. The molecule has 3 atom stereocenters. The minimum atomic E-state index is -0.904. The number of carbonyl (C=O) groups excluding carboxylic acids is 3. The zero-order valence-electron chi connectivity index (χ0n) is 13.6. The highest BCUT2D eigenvalue weighted by atomic mass is 19.1. The first-order valence-corrected chi connectivity index (χ1v) is 8.40. The van der Waals surface area contributed by atoms with Gasteiger partial charge in [0.1, 0.15) is 23.1 Å². The maximum absolute atomic E-state index is 13.5. The van der Waals surface area contributed by atoms with Crippen LogP contribution in [-0.2, 0) is 19.1 Å². The van der Waals surface area contributed by atoms with Crippen LogP contribution in [0, 0.1) is 29.4 Å². The lowest BCUT2D eigenvalue weighted by Crippen LogP contribution is -2.40. The number of anilines is 1. The molecule has 2 bridgehead atoms. The molecule has 1 N–H and O–H groups in total. The number of hydrogen-bond donors (Lipinski definition) is 1. The number of ether oxygens (including phenoxy) is 1. The van der Waals surface area contributed by atoms with Gasteiger partial charge in [0.05, 0.1) is 5.92 Å². The summed E-state index contributed by atoms with van der Waals surface area (Å²) in [6.07, 6.45) is 3.51. The number of halogens is 2. The van der Waals surface area contributed by atoms with E-state index in [1.165, 1.54) is 6.07 Å². The van der Waals surface area contributed by atoms with Gasteiger partial charge >= 0.3 is 5.97 Å². The van der Waals surface area contributed by atoms with Gasteiger partial charge in [0.25, 0.3) is 5.91 Å². The van der Waals surface area contributed by atoms with Gasteiger partial charge in [-0.1, -0.05) is 12.5 Å². The molecule has 0 aliphatic heterocycles. The number of hydrogen-bond acceptors (Lipinski definition) is 4. The lowest BCUT2D eigenvalue weighted by atomic mass is 9.67. The number of esters is 1. The summed E-state index contributed by atoms with van der Waals surface area (Å²) < 4.78 is 31.9. The molecule has 0 heterocycles. The molecule has 1 aromatic carbocycles. The molecule has 134 valence electrons. The van der Waals surface area contributed by atoms with Gasteiger partial charge in [-0.2, -0.15) is 0 Å². The summed E-state index contributed by atoms with van der Waals surface area (Å²) in [5, 5.41) is 2.06. The van der Waals surface area contributed by atoms with Crippen molar-refractivity contribution in [2.75, 3.05) is 11.9 Å². The average molecular weight is 351 g/mol. The van der Waals surface area contributed by atoms with Crippen LogP contribution in [0.15, 0.2) is 18.2 Å². The Morgan fingerprint density at radius 1 is 1.12 bits per heavy atom. The van der Waals surface area contributed by atoms with E-state index in [0.29, 0.717) is 12.8 Å². The third-order valence-electron chi connectivity index (χ3n) is 4.95. The zero-order valence-corrected chi connectivity index (χ0v) is 13.6. The molecule has 5 nitrogen and oxygen atoms in total. The molecule has 2 aliphatic carbocycles. The molecular weight excluding hydrogens is 332 g/mol. The van der Waals surface area contributed by atoms with Crippen LogP contribution < -0.4 is 5.32 Å². The van der Waals surface area contributed by atoms with Crippen molar-refractivity contribution >= 4 is 23.3 Å². The van der Waals surface area contributed by atoms with Crippen LogP contribution in [0.5, 0.6) is 0 Å². The van der Waals surface area contributed by atoms with Gasteiger partial charge in [-0.3, -0.25) is 14.4 Å². The van der Waals surface area contributed by atoms with Crippen LogP contribution in [0.2, 0.25) is 0 Å². The Bertz CT molecular complexity index is 670. The highest BCUT2D eigenvalue weighted by Crippen LogP contribution is 2.40. The summed E-state index contributed by atoms with van der Waals surface area (Å²) in [7, 11) is 0. The van der Waals surface area contributed by atoms with Gasteiger partial charge in [-0.15, -0.1) is 0 Å². The topological polar surface area (TPSA) is 72.5 Å². The predicted octanol–water partition coefficient (Wildman–Crippen LogP) is 2.84. The van der Waals surface area contributed by atoms with Crippen molar-refractivity contribution < 1.29 is 27.9 Å². The van der Waals surface area contributed by atoms with Crippen LogP contribution in [0.4, 0.5) is 14.5 Å². The molecule has 2 saturated carbocycles. The summed E-state index contributed by atoms with van der Waals surface area (Å²) in [6, 6.07) is 3.21. The molecule has 1 amide bonds. The fraction of sp³-hybridized carbons (Fsp3) is 0.500. The molecule has 0 aromatic heterocycles. The SMILES string of the molecule is O=C(COC(=O)C1C[C@H]2CCC[C@@H](C1)C2=O)Nc1c(F)cccc1F. The smallest absolute Gasteiger partial charge is 0.309 e. The first-order valence-electron chi connectivity index (χ1n) is 8.40. The zero-order chi connectivity index (χ0) is 18.0. The summed E-state index contributed by atoms with van der Waals surface area (Å²) in [4.78, 5) is 36.0. The van der Waals surface area contributed by atoms with Gasteiger partial charge in [-0.05, 0) is 37.8 Å². The number of ketones is 1. The molecule has 25 heavy (non-hydrogen) atoms. The number of amides is 1. The Balaban J connectivity index is 1.52. The second-order valence-electron chi connectivity index (χ2n) is 6.65. The van der Waals surface area contributed by atoms with Crippen LogP contribution in [0.3, 0.4) is 0 Å². The van der Waals surface area contributed by atoms with E-state index in [0.717, 1.165) is 31.4 Å². The quantitative estimate of drug-likeness (QED) is 0.847. The van der Waals surface area contributed by atoms with Crippen molar-refractivity contribution in [3.63, 3.8) is 0 Å². The third-order valence-corrected chi connectivity index (χ3v) is 4.95. The number of para-hydroxylation sites is 1. The highest BCUT2D eigenvalue weighted by molar-refractivity contribution is 5.93. The Morgan fingerprint density at radius 2 is 1.72 bits per heavy atom. The summed E-state index contributed by atoms with van der Waals surface area (Å²) in [6.45, 7) is -0.619. The summed E-state index contributed by atoms with van der Waals surface area (Å²) >= 11 is 0. The third kappa shape index (κ3) is 3.86. The molecule has 7 heteroatoms. The number of nitrogens with one attached hydrogen (secondary N) is 1. The van der Waals surface area contributed by atoms with Crippen LogP contribution in [0.25, 0.3) is 0 Å². The van der Waals surface area contributed by atoms with Gasteiger partial charge in [-0.25, -0.2) is 8.78 Å². The number of carbonyl (C=O) groups is 3. The summed E-state index contributed by atoms with van der Waals surface area (Å²) in [5.74, 6) is -3.50. The molecule has 2 aliphatic rings. The van der Waals surface area contributed by atoms with Crippen molar-refractivity contribution in [2.24, 2.45) is 17.8 Å². The van der Waals surface area contributed by atoms with Crippen molar-refractivity contribution in [3.8, 4) is 0 Å². The second-order valence-corrected chi connectivity index (χ2v) is 6.65. The van der Waals surface area contributed by atoms with E-state index < -0.39 is 41.7 Å². The Labute approximate surface area is 143 Å². The average Bonchev–Trinajstić information content (AvgIpc) is 2.56. The minimum absolute atomic E-state index is 0.0913. The van der Waals surface area contributed by atoms with E-state index in [4.69, 9.17) is 4.74 Å². The van der Waals surface area contributed by atoms with Gasteiger partial charge in [0.2, 0.25) is 0 Å². The number of fused-ring (bicyclic) bond motifs is 2. The van der Waals surface area contributed by atoms with E-state index in [1.807, 2.05) is 0 Å². The van der Waals surface area contributed by atoms with Gasteiger partial charge in [0.15, 0.2) is 6.61 Å². The van der Waals surface area contributed by atoms with Crippen LogP contribution in [-0.4, -0.2) is 24.3 Å². The number of rotatable bonds is 4. The number of benzene rings is 1. The molecular formula is C18H19F2NO4. The van der Waals surface area contributed by atoms with E-state index in [-0.39, 0.29) is 17.6 Å². The Morgan fingerprint density at radius 3 is 2.32 bits per heavy atom. The largest absolute Gasteiger partial charge is 0.455 e. The Hall–Kier alpha value is -2.31. The monoisotopic (exact) mass is 351 g/mol. The lowest BCUT2D eigenvalue weighted by Gasteiger charge is -2.36. The summed E-state index contributed by atoms with van der Waals surface area (Å²) in [5.41, 5.74) is -0.568. The van der Waals surface area contributed by atoms with E-state index in [2.05, 4.69) is 5.32 Å². The first-order chi connectivity index (χ1) is 12.0. The van der Waals surface area contributed by atoms with Crippen molar-refractivity contribution in [2.45, 2.75) is 32.1 Å². The highest BCUT2D eigenvalue weighted by Gasteiger charge is 2.41. The van der Waals surface area contributed by atoms with Crippen molar-refractivity contribution in [1.29, 1.82) is 0 Å². The van der Waals surface area contributed by atoms with Crippen molar-refractivity contribution in [3.05, 3.63) is 29.8 Å². The van der Waals surface area contributed by atoms with Gasteiger partial charge < -0.3 is 10.1 Å². The molecule has 1 aromatic rings. The minimum Gasteiger partial charge on any atom is -0.455 e. The van der Waals surface area contributed by atoms with Crippen molar-refractivity contribution in [1.82, 2.24) is 0 Å². The van der Waals surface area contributed by atoms with E-state index in [1.54, 1.807) is 0 Å². The molecule has 0 saturated heterocycles.